The average Bonchev–Trinajstić information content (AvgIpc) is 2.69. The minimum absolute atomic E-state index is 0.142. The number of amides is 1. The molecule has 0 aliphatic carbocycles. The summed E-state index contributed by atoms with van der Waals surface area (Å²) in [4.78, 5) is 12.5. The van der Waals surface area contributed by atoms with E-state index in [1.807, 2.05) is 13.0 Å². The maximum absolute atomic E-state index is 14.3. The number of ether oxygens (including phenoxy) is 2. The van der Waals surface area contributed by atoms with Gasteiger partial charge in [0.2, 0.25) is 10.0 Å². The van der Waals surface area contributed by atoms with E-state index in [0.717, 1.165) is 23.8 Å². The van der Waals surface area contributed by atoms with E-state index in [0.29, 0.717) is 24.7 Å². The highest BCUT2D eigenvalue weighted by Crippen LogP contribution is 2.27. The van der Waals surface area contributed by atoms with Crippen molar-refractivity contribution in [2.75, 3.05) is 38.7 Å². The summed E-state index contributed by atoms with van der Waals surface area (Å²) in [6, 6.07) is 8.37. The Labute approximate surface area is 163 Å². The van der Waals surface area contributed by atoms with Crippen molar-refractivity contribution in [2.45, 2.75) is 11.8 Å². The highest BCUT2D eigenvalue weighted by atomic mass is 32.2. The molecule has 2 aromatic rings. The normalized spacial score (nSPS) is 15.2. The number of hydrogen-bond donors (Lipinski definition) is 1. The second-order valence-electron chi connectivity index (χ2n) is 6.32. The van der Waals surface area contributed by atoms with Crippen molar-refractivity contribution in [3.63, 3.8) is 0 Å². The van der Waals surface area contributed by atoms with Gasteiger partial charge < -0.3 is 14.8 Å². The maximum atomic E-state index is 14.3. The first-order chi connectivity index (χ1) is 13.3. The van der Waals surface area contributed by atoms with Gasteiger partial charge in [-0.1, -0.05) is 6.07 Å². The summed E-state index contributed by atoms with van der Waals surface area (Å²) in [5.41, 5.74) is 0.881. The summed E-state index contributed by atoms with van der Waals surface area (Å²) >= 11 is 0. The number of halogens is 1. The number of benzene rings is 2. The van der Waals surface area contributed by atoms with Crippen LogP contribution in [0.5, 0.6) is 5.75 Å². The number of hydrogen-bond acceptors (Lipinski definition) is 5. The van der Waals surface area contributed by atoms with Crippen LogP contribution in [-0.2, 0) is 14.8 Å². The highest BCUT2D eigenvalue weighted by Gasteiger charge is 2.28. The number of carbonyl (C=O) groups is 1. The molecule has 28 heavy (non-hydrogen) atoms. The van der Waals surface area contributed by atoms with E-state index in [1.165, 1.54) is 11.4 Å². The Morgan fingerprint density at radius 1 is 1.18 bits per heavy atom. The molecular formula is C19H21FN2O5S. The van der Waals surface area contributed by atoms with Crippen LogP contribution in [0.15, 0.2) is 41.3 Å². The second-order valence-corrected chi connectivity index (χ2v) is 8.25. The maximum Gasteiger partial charge on any atom is 0.258 e. The van der Waals surface area contributed by atoms with Crippen LogP contribution in [0.4, 0.5) is 10.1 Å². The van der Waals surface area contributed by atoms with Crippen LogP contribution in [0, 0.1) is 12.7 Å². The first kappa shape index (κ1) is 20.2. The van der Waals surface area contributed by atoms with Crippen LogP contribution in [0.3, 0.4) is 0 Å². The summed E-state index contributed by atoms with van der Waals surface area (Å²) in [7, 11) is -2.39. The first-order valence-electron chi connectivity index (χ1n) is 8.66. The zero-order chi connectivity index (χ0) is 20.3. The Hall–Kier alpha value is -2.49. The molecule has 3 rings (SSSR count). The van der Waals surface area contributed by atoms with E-state index in [-0.39, 0.29) is 23.5 Å². The lowest BCUT2D eigenvalue weighted by Gasteiger charge is -2.26. The van der Waals surface area contributed by atoms with Crippen molar-refractivity contribution in [1.29, 1.82) is 0 Å². The van der Waals surface area contributed by atoms with E-state index in [9.17, 15) is 17.6 Å². The summed E-state index contributed by atoms with van der Waals surface area (Å²) < 4.78 is 51.5. The predicted molar refractivity (Wildman–Crippen MR) is 102 cm³/mol. The van der Waals surface area contributed by atoms with Crippen LogP contribution >= 0.6 is 0 Å². The van der Waals surface area contributed by atoms with Gasteiger partial charge >= 0.3 is 0 Å². The minimum Gasteiger partial charge on any atom is -0.495 e. The number of rotatable bonds is 5. The topological polar surface area (TPSA) is 84.9 Å². The van der Waals surface area contributed by atoms with Crippen molar-refractivity contribution in [1.82, 2.24) is 4.31 Å². The van der Waals surface area contributed by atoms with Gasteiger partial charge in [0.1, 0.15) is 11.6 Å². The number of carbonyl (C=O) groups excluding carboxylic acids is 1. The molecule has 7 nitrogen and oxygen atoms in total. The Balaban J connectivity index is 1.91. The number of methoxy groups -OCH3 is 1. The second kappa shape index (κ2) is 8.26. The van der Waals surface area contributed by atoms with Crippen LogP contribution in [0.2, 0.25) is 0 Å². The van der Waals surface area contributed by atoms with Gasteiger partial charge in [0.25, 0.3) is 5.91 Å². The zero-order valence-electron chi connectivity index (χ0n) is 15.6. The van der Waals surface area contributed by atoms with Crippen molar-refractivity contribution < 1.29 is 27.1 Å². The molecule has 150 valence electrons. The highest BCUT2D eigenvalue weighted by molar-refractivity contribution is 7.89. The number of nitrogens with one attached hydrogen (secondary N) is 1. The molecule has 2 aromatic carbocycles. The number of morpholine rings is 1. The molecular weight excluding hydrogens is 387 g/mol. The Morgan fingerprint density at radius 3 is 2.57 bits per heavy atom. The van der Waals surface area contributed by atoms with Gasteiger partial charge in [-0.15, -0.1) is 0 Å². The lowest BCUT2D eigenvalue weighted by Crippen LogP contribution is -2.40. The quantitative estimate of drug-likeness (QED) is 0.821. The van der Waals surface area contributed by atoms with E-state index in [2.05, 4.69) is 5.32 Å². The van der Waals surface area contributed by atoms with Crippen molar-refractivity contribution >= 4 is 21.6 Å². The third-order valence-corrected chi connectivity index (χ3v) is 6.29. The molecule has 9 heteroatoms. The lowest BCUT2D eigenvalue weighted by molar-refractivity contribution is 0.0730. The lowest BCUT2D eigenvalue weighted by atomic mass is 10.1. The van der Waals surface area contributed by atoms with Gasteiger partial charge in [-0.3, -0.25) is 4.79 Å². The van der Waals surface area contributed by atoms with Gasteiger partial charge in [-0.05, 0) is 42.8 Å². The molecule has 1 amide bonds. The van der Waals surface area contributed by atoms with E-state index in [4.69, 9.17) is 9.47 Å². The third kappa shape index (κ3) is 4.16. The molecule has 1 heterocycles. The Bertz CT molecular complexity index is 988. The number of anilines is 1. The van der Waals surface area contributed by atoms with Gasteiger partial charge in [0, 0.05) is 13.1 Å². The van der Waals surface area contributed by atoms with Crippen LogP contribution in [-0.4, -0.2) is 52.0 Å². The fourth-order valence-corrected chi connectivity index (χ4v) is 4.32. The monoisotopic (exact) mass is 408 g/mol. The fourth-order valence-electron chi connectivity index (χ4n) is 2.88. The molecule has 0 spiro atoms. The molecule has 1 saturated heterocycles. The molecule has 1 N–H and O–H groups in total. The molecule has 0 atom stereocenters. The predicted octanol–water partition coefficient (Wildman–Crippen LogP) is 2.42. The average molecular weight is 408 g/mol. The van der Waals surface area contributed by atoms with Gasteiger partial charge in [0.05, 0.1) is 36.5 Å². The molecule has 0 unspecified atom stereocenters. The van der Waals surface area contributed by atoms with Crippen molar-refractivity contribution in [3.05, 3.63) is 53.3 Å². The van der Waals surface area contributed by atoms with Gasteiger partial charge in [-0.25, -0.2) is 12.8 Å². The Kier molecular flexibility index (Phi) is 5.97. The van der Waals surface area contributed by atoms with Crippen LogP contribution < -0.4 is 10.1 Å². The summed E-state index contributed by atoms with van der Waals surface area (Å²) in [5, 5.41) is 2.59. The van der Waals surface area contributed by atoms with Gasteiger partial charge in [0.15, 0.2) is 0 Å². The molecule has 0 aromatic heterocycles. The number of aryl methyl sites for hydroxylation is 1. The van der Waals surface area contributed by atoms with E-state index >= 15 is 0 Å². The minimum atomic E-state index is -3.85. The summed E-state index contributed by atoms with van der Waals surface area (Å²) in [6.45, 7) is 2.84. The zero-order valence-corrected chi connectivity index (χ0v) is 16.4. The van der Waals surface area contributed by atoms with Crippen molar-refractivity contribution in [3.8, 4) is 5.75 Å². The standard InChI is InChI=1S/C19H21FN2O5S/c1-13-3-6-18(26-2)17(11-13)21-19(23)15-12-14(4-5-16(15)20)28(24,25)22-7-9-27-10-8-22/h3-6,11-12H,7-10H2,1-2H3,(H,21,23). The van der Waals surface area contributed by atoms with Gasteiger partial charge in [-0.2, -0.15) is 4.31 Å². The molecule has 0 bridgehead atoms. The molecule has 1 aliphatic rings. The van der Waals surface area contributed by atoms with Crippen LogP contribution in [0.1, 0.15) is 15.9 Å². The number of sulfonamides is 1. The summed E-state index contributed by atoms with van der Waals surface area (Å²) in [6.07, 6.45) is 0. The van der Waals surface area contributed by atoms with Crippen molar-refractivity contribution in [2.24, 2.45) is 0 Å². The Morgan fingerprint density at radius 2 is 1.89 bits per heavy atom. The SMILES string of the molecule is COc1ccc(C)cc1NC(=O)c1cc(S(=O)(=O)N2CCOCC2)ccc1F. The molecule has 1 fully saturated rings. The smallest absolute Gasteiger partial charge is 0.258 e. The van der Waals surface area contributed by atoms with Crippen LogP contribution in [0.25, 0.3) is 0 Å². The van der Waals surface area contributed by atoms with E-state index < -0.39 is 21.7 Å². The van der Waals surface area contributed by atoms with E-state index in [1.54, 1.807) is 12.1 Å². The largest absolute Gasteiger partial charge is 0.495 e. The third-order valence-electron chi connectivity index (χ3n) is 4.39. The first-order valence-corrected chi connectivity index (χ1v) is 10.1. The number of nitrogens with zero attached hydrogens (tertiary/aromatic N) is 1. The molecule has 0 saturated carbocycles. The summed E-state index contributed by atoms with van der Waals surface area (Å²) in [5.74, 6) is -1.16. The molecule has 1 aliphatic heterocycles. The molecule has 0 radical (unpaired) electrons. The fraction of sp³-hybridized carbons (Fsp3) is 0.316.